The summed E-state index contributed by atoms with van der Waals surface area (Å²) < 4.78 is 8.12. The van der Waals surface area contributed by atoms with Crippen molar-refractivity contribution in [2.24, 2.45) is 0 Å². The maximum Gasteiger partial charge on any atom is 0.290 e. The van der Waals surface area contributed by atoms with E-state index in [4.69, 9.17) is 4.74 Å². The molecule has 8 heteroatoms. The number of carbonyl (C=O) groups excluding carboxylic acids is 2. The SMILES string of the molecule is COc1ccc(/C=C2/SC(=O)NC2=O)c2ccc(=O)n(Cc3ccc(Br)cc3)c12. The number of hydrogen-bond acceptors (Lipinski definition) is 5. The fourth-order valence-corrected chi connectivity index (χ4v) is 4.13. The summed E-state index contributed by atoms with van der Waals surface area (Å²) in [6.07, 6.45) is 1.65. The van der Waals surface area contributed by atoms with Crippen LogP contribution in [0.15, 0.2) is 62.7 Å². The molecule has 2 heterocycles. The molecule has 1 aliphatic rings. The standard InChI is InChI=1S/C21H15BrN2O4S/c1-28-16-8-4-13(10-17-20(26)23-21(27)29-17)15-7-9-18(25)24(19(15)16)11-12-2-5-14(22)6-3-12/h2-10H,11H2,1H3,(H,23,26,27)/b17-10+. The zero-order valence-corrected chi connectivity index (χ0v) is 17.7. The van der Waals surface area contributed by atoms with Crippen LogP contribution in [0.1, 0.15) is 11.1 Å². The predicted molar refractivity (Wildman–Crippen MR) is 117 cm³/mol. The van der Waals surface area contributed by atoms with Crippen LogP contribution in [0, 0.1) is 0 Å². The number of amides is 2. The van der Waals surface area contributed by atoms with Gasteiger partial charge in [0.15, 0.2) is 0 Å². The van der Waals surface area contributed by atoms with Gasteiger partial charge < -0.3 is 9.30 Å². The topological polar surface area (TPSA) is 77.4 Å². The Morgan fingerprint density at radius 1 is 1.07 bits per heavy atom. The van der Waals surface area contributed by atoms with Crippen LogP contribution < -0.4 is 15.6 Å². The smallest absolute Gasteiger partial charge is 0.290 e. The zero-order valence-electron chi connectivity index (χ0n) is 15.3. The van der Waals surface area contributed by atoms with Crippen LogP contribution in [-0.2, 0) is 11.3 Å². The van der Waals surface area contributed by atoms with Crippen LogP contribution in [0.25, 0.3) is 17.0 Å². The second-order valence-corrected chi connectivity index (χ2v) is 8.29. The third-order valence-electron chi connectivity index (χ3n) is 4.54. The zero-order chi connectivity index (χ0) is 20.5. The first-order valence-corrected chi connectivity index (χ1v) is 10.3. The lowest BCUT2D eigenvalue weighted by atomic mass is 10.1. The number of carbonyl (C=O) groups is 2. The van der Waals surface area contributed by atoms with Gasteiger partial charge in [-0.15, -0.1) is 0 Å². The normalized spacial score (nSPS) is 15.2. The molecule has 2 amide bonds. The van der Waals surface area contributed by atoms with E-state index in [1.54, 1.807) is 36.0 Å². The number of thioether (sulfide) groups is 1. The Balaban J connectivity index is 1.90. The maximum atomic E-state index is 12.7. The van der Waals surface area contributed by atoms with E-state index in [2.05, 4.69) is 21.2 Å². The van der Waals surface area contributed by atoms with Crippen molar-refractivity contribution in [1.82, 2.24) is 9.88 Å². The molecule has 146 valence electrons. The number of ether oxygens (including phenoxy) is 1. The summed E-state index contributed by atoms with van der Waals surface area (Å²) in [5.74, 6) is 0.128. The van der Waals surface area contributed by atoms with Gasteiger partial charge in [-0.3, -0.25) is 19.7 Å². The Labute approximate surface area is 178 Å². The first-order chi connectivity index (χ1) is 14.0. The molecule has 0 unspecified atom stereocenters. The maximum absolute atomic E-state index is 12.7. The van der Waals surface area contributed by atoms with Crippen LogP contribution in [-0.4, -0.2) is 22.8 Å². The third-order valence-corrected chi connectivity index (χ3v) is 5.88. The highest BCUT2D eigenvalue weighted by Crippen LogP contribution is 2.32. The molecule has 1 fully saturated rings. The van der Waals surface area contributed by atoms with E-state index in [9.17, 15) is 14.4 Å². The number of halogens is 1. The number of hydrogen-bond donors (Lipinski definition) is 1. The molecule has 1 aliphatic heterocycles. The van der Waals surface area contributed by atoms with Gasteiger partial charge in [0, 0.05) is 15.9 Å². The van der Waals surface area contributed by atoms with Crippen LogP contribution in [0.5, 0.6) is 5.75 Å². The van der Waals surface area contributed by atoms with E-state index in [1.807, 2.05) is 24.3 Å². The summed E-state index contributed by atoms with van der Waals surface area (Å²) >= 11 is 4.27. The second kappa shape index (κ2) is 7.88. The molecule has 0 radical (unpaired) electrons. The molecule has 1 aromatic heterocycles. The van der Waals surface area contributed by atoms with E-state index in [-0.39, 0.29) is 5.56 Å². The lowest BCUT2D eigenvalue weighted by Crippen LogP contribution is -2.20. The van der Waals surface area contributed by atoms with Gasteiger partial charge in [-0.1, -0.05) is 34.1 Å². The number of fused-ring (bicyclic) bond motifs is 1. The summed E-state index contributed by atoms with van der Waals surface area (Å²) in [5, 5.41) is 2.60. The van der Waals surface area contributed by atoms with Crippen molar-refractivity contribution >= 4 is 55.8 Å². The number of nitrogens with one attached hydrogen (secondary N) is 1. The summed E-state index contributed by atoms with van der Waals surface area (Å²) in [6, 6.07) is 14.5. The minimum atomic E-state index is -0.424. The number of imide groups is 1. The van der Waals surface area contributed by atoms with E-state index >= 15 is 0 Å². The summed E-state index contributed by atoms with van der Waals surface area (Å²) in [6.45, 7) is 0.369. The Morgan fingerprint density at radius 2 is 1.83 bits per heavy atom. The molecule has 0 spiro atoms. The lowest BCUT2D eigenvalue weighted by molar-refractivity contribution is -0.115. The highest BCUT2D eigenvalue weighted by Gasteiger charge is 2.25. The highest BCUT2D eigenvalue weighted by molar-refractivity contribution is 9.10. The quantitative estimate of drug-likeness (QED) is 0.579. The van der Waals surface area contributed by atoms with Gasteiger partial charge in [0.25, 0.3) is 16.7 Å². The molecule has 0 aliphatic carbocycles. The predicted octanol–water partition coefficient (Wildman–Crippen LogP) is 4.14. The van der Waals surface area contributed by atoms with E-state index in [0.29, 0.717) is 22.7 Å². The number of rotatable bonds is 4. The van der Waals surface area contributed by atoms with E-state index in [1.165, 1.54) is 6.07 Å². The van der Waals surface area contributed by atoms with Gasteiger partial charge in [0.05, 0.1) is 24.1 Å². The average Bonchev–Trinajstić information content (AvgIpc) is 3.02. The molecular formula is C21H15BrN2O4S. The lowest BCUT2D eigenvalue weighted by Gasteiger charge is -2.15. The first-order valence-electron chi connectivity index (χ1n) is 8.66. The van der Waals surface area contributed by atoms with Gasteiger partial charge in [-0.25, -0.2) is 0 Å². The minimum Gasteiger partial charge on any atom is -0.495 e. The van der Waals surface area contributed by atoms with Crippen LogP contribution in [0.2, 0.25) is 0 Å². The van der Waals surface area contributed by atoms with E-state index in [0.717, 1.165) is 32.7 Å². The minimum absolute atomic E-state index is 0.160. The molecule has 29 heavy (non-hydrogen) atoms. The molecular weight excluding hydrogens is 456 g/mol. The largest absolute Gasteiger partial charge is 0.495 e. The molecule has 0 atom stereocenters. The van der Waals surface area contributed by atoms with Crippen molar-refractivity contribution in [3.05, 3.63) is 79.4 Å². The molecule has 2 aromatic carbocycles. The first kappa shape index (κ1) is 19.5. The van der Waals surface area contributed by atoms with Crippen molar-refractivity contribution < 1.29 is 14.3 Å². The Hall–Kier alpha value is -2.84. The molecule has 6 nitrogen and oxygen atoms in total. The van der Waals surface area contributed by atoms with Crippen molar-refractivity contribution in [1.29, 1.82) is 0 Å². The number of aromatic nitrogens is 1. The van der Waals surface area contributed by atoms with Crippen molar-refractivity contribution in [3.8, 4) is 5.75 Å². The Morgan fingerprint density at radius 3 is 2.48 bits per heavy atom. The number of benzene rings is 2. The highest BCUT2D eigenvalue weighted by atomic mass is 79.9. The number of pyridine rings is 1. The molecule has 1 N–H and O–H groups in total. The van der Waals surface area contributed by atoms with Crippen LogP contribution >= 0.6 is 27.7 Å². The van der Waals surface area contributed by atoms with Gasteiger partial charge >= 0.3 is 0 Å². The van der Waals surface area contributed by atoms with E-state index < -0.39 is 11.1 Å². The Kier molecular flexibility index (Phi) is 5.29. The third kappa shape index (κ3) is 3.86. The molecule has 0 saturated carbocycles. The van der Waals surface area contributed by atoms with Crippen LogP contribution in [0.3, 0.4) is 0 Å². The molecule has 1 saturated heterocycles. The van der Waals surface area contributed by atoms with Gasteiger partial charge in [0.2, 0.25) is 0 Å². The van der Waals surface area contributed by atoms with Crippen molar-refractivity contribution in [2.45, 2.75) is 6.54 Å². The van der Waals surface area contributed by atoms with Crippen LogP contribution in [0.4, 0.5) is 4.79 Å². The van der Waals surface area contributed by atoms with Gasteiger partial charge in [-0.05, 0) is 53.2 Å². The molecule has 4 rings (SSSR count). The second-order valence-electron chi connectivity index (χ2n) is 6.36. The summed E-state index contributed by atoms with van der Waals surface area (Å²) in [5.41, 5.74) is 2.15. The van der Waals surface area contributed by atoms with Gasteiger partial charge in [-0.2, -0.15) is 0 Å². The monoisotopic (exact) mass is 470 g/mol. The number of methoxy groups -OCH3 is 1. The summed E-state index contributed by atoms with van der Waals surface area (Å²) in [4.78, 5) is 36.4. The average molecular weight is 471 g/mol. The summed E-state index contributed by atoms with van der Waals surface area (Å²) in [7, 11) is 1.55. The van der Waals surface area contributed by atoms with Crippen molar-refractivity contribution in [3.63, 3.8) is 0 Å². The molecule has 3 aromatic rings. The van der Waals surface area contributed by atoms with Crippen molar-refractivity contribution in [2.75, 3.05) is 7.11 Å². The Bertz CT molecular complexity index is 1230. The fourth-order valence-electron chi connectivity index (χ4n) is 3.19. The number of nitrogens with zero attached hydrogens (tertiary/aromatic N) is 1. The molecule has 0 bridgehead atoms. The fraction of sp³-hybridized carbons (Fsp3) is 0.0952. The van der Waals surface area contributed by atoms with Gasteiger partial charge in [0.1, 0.15) is 5.75 Å².